The van der Waals surface area contributed by atoms with Crippen molar-refractivity contribution in [2.24, 2.45) is 0 Å². The first-order valence-corrected chi connectivity index (χ1v) is 7.79. The third-order valence-electron chi connectivity index (χ3n) is 3.35. The fraction of sp³-hybridized carbons (Fsp3) is 0.176. The van der Waals surface area contributed by atoms with Crippen molar-refractivity contribution in [3.63, 3.8) is 0 Å². The number of halogens is 1. The molecular formula is C17H15BrN2O2. The standard InChI is InChI=1S/C17H15BrN2O2/c1-11-2-5-13(6-3-11)22-9-8-16-19-15-7-4-12(18)10-14(15)17(21)20-16/h2-7,10H,8-9H2,1H3,(H,19,20,21). The SMILES string of the molecule is Cc1ccc(OCCc2nc3ccc(Br)cc3c(=O)[nH]2)cc1. The third kappa shape index (κ3) is 3.36. The Kier molecular flexibility index (Phi) is 4.24. The van der Waals surface area contributed by atoms with Crippen molar-refractivity contribution in [1.82, 2.24) is 9.97 Å². The van der Waals surface area contributed by atoms with E-state index in [9.17, 15) is 4.79 Å². The van der Waals surface area contributed by atoms with Crippen LogP contribution < -0.4 is 10.3 Å². The summed E-state index contributed by atoms with van der Waals surface area (Å²) in [7, 11) is 0. The summed E-state index contributed by atoms with van der Waals surface area (Å²) in [6.45, 7) is 2.50. The normalized spacial score (nSPS) is 10.8. The predicted octanol–water partition coefficient (Wildman–Crippen LogP) is 3.62. The highest BCUT2D eigenvalue weighted by Crippen LogP contribution is 2.15. The van der Waals surface area contributed by atoms with E-state index < -0.39 is 0 Å². The van der Waals surface area contributed by atoms with E-state index in [1.807, 2.05) is 43.3 Å². The van der Waals surface area contributed by atoms with Gasteiger partial charge in [-0.15, -0.1) is 0 Å². The molecule has 0 unspecified atom stereocenters. The van der Waals surface area contributed by atoms with E-state index >= 15 is 0 Å². The minimum atomic E-state index is -0.128. The number of hydrogen-bond donors (Lipinski definition) is 1. The van der Waals surface area contributed by atoms with Gasteiger partial charge in [-0.2, -0.15) is 0 Å². The predicted molar refractivity (Wildman–Crippen MR) is 90.4 cm³/mol. The maximum Gasteiger partial charge on any atom is 0.258 e. The molecule has 0 atom stereocenters. The Morgan fingerprint density at radius 2 is 1.95 bits per heavy atom. The van der Waals surface area contributed by atoms with Crippen LogP contribution >= 0.6 is 15.9 Å². The average Bonchev–Trinajstić information content (AvgIpc) is 2.50. The number of aromatic amines is 1. The molecule has 5 heteroatoms. The van der Waals surface area contributed by atoms with Crippen LogP contribution in [0.15, 0.2) is 51.7 Å². The second-order valence-electron chi connectivity index (χ2n) is 5.09. The average molecular weight is 359 g/mol. The number of H-pyrrole nitrogens is 1. The summed E-state index contributed by atoms with van der Waals surface area (Å²) < 4.78 is 6.53. The van der Waals surface area contributed by atoms with Gasteiger partial charge in [0, 0.05) is 10.9 Å². The highest BCUT2D eigenvalue weighted by Gasteiger charge is 2.05. The topological polar surface area (TPSA) is 55.0 Å². The van der Waals surface area contributed by atoms with Gasteiger partial charge in [0.2, 0.25) is 0 Å². The lowest BCUT2D eigenvalue weighted by molar-refractivity contribution is 0.319. The van der Waals surface area contributed by atoms with Crippen molar-refractivity contribution in [1.29, 1.82) is 0 Å². The van der Waals surface area contributed by atoms with Gasteiger partial charge in [0.15, 0.2) is 0 Å². The Labute approximate surface area is 136 Å². The van der Waals surface area contributed by atoms with Gasteiger partial charge >= 0.3 is 0 Å². The number of benzene rings is 2. The molecule has 0 amide bonds. The van der Waals surface area contributed by atoms with E-state index in [1.165, 1.54) is 5.56 Å². The number of nitrogens with one attached hydrogen (secondary N) is 1. The van der Waals surface area contributed by atoms with Crippen molar-refractivity contribution in [3.05, 3.63) is 68.7 Å². The molecule has 1 N–H and O–H groups in total. The minimum Gasteiger partial charge on any atom is -0.493 e. The van der Waals surface area contributed by atoms with Crippen LogP contribution in [0.1, 0.15) is 11.4 Å². The van der Waals surface area contributed by atoms with E-state index in [4.69, 9.17) is 4.74 Å². The minimum absolute atomic E-state index is 0.128. The van der Waals surface area contributed by atoms with Crippen LogP contribution in [0.3, 0.4) is 0 Å². The number of aromatic nitrogens is 2. The number of fused-ring (bicyclic) bond motifs is 1. The number of nitrogens with zero attached hydrogens (tertiary/aromatic N) is 1. The second-order valence-corrected chi connectivity index (χ2v) is 6.00. The Bertz CT molecular complexity index is 857. The first kappa shape index (κ1) is 14.8. The van der Waals surface area contributed by atoms with Gasteiger partial charge in [0.05, 0.1) is 17.5 Å². The van der Waals surface area contributed by atoms with Gasteiger partial charge in [-0.3, -0.25) is 4.79 Å². The molecule has 0 bridgehead atoms. The second kappa shape index (κ2) is 6.32. The van der Waals surface area contributed by atoms with Gasteiger partial charge in [0.1, 0.15) is 11.6 Å². The molecule has 2 aromatic carbocycles. The smallest absolute Gasteiger partial charge is 0.258 e. The molecule has 112 valence electrons. The van der Waals surface area contributed by atoms with Gasteiger partial charge in [-0.25, -0.2) is 4.98 Å². The maximum atomic E-state index is 12.1. The number of rotatable bonds is 4. The molecule has 0 aliphatic heterocycles. The van der Waals surface area contributed by atoms with E-state index in [0.29, 0.717) is 29.8 Å². The highest BCUT2D eigenvalue weighted by molar-refractivity contribution is 9.10. The largest absolute Gasteiger partial charge is 0.493 e. The Morgan fingerprint density at radius 1 is 1.18 bits per heavy atom. The zero-order valence-corrected chi connectivity index (χ0v) is 13.7. The summed E-state index contributed by atoms with van der Waals surface area (Å²) in [6, 6.07) is 13.4. The first-order chi connectivity index (χ1) is 10.6. The van der Waals surface area contributed by atoms with Gasteiger partial charge in [-0.1, -0.05) is 33.6 Å². The fourth-order valence-electron chi connectivity index (χ4n) is 2.18. The molecule has 0 saturated carbocycles. The van der Waals surface area contributed by atoms with Crippen molar-refractivity contribution in [2.45, 2.75) is 13.3 Å². The summed E-state index contributed by atoms with van der Waals surface area (Å²) in [6.07, 6.45) is 0.551. The number of aryl methyl sites for hydroxylation is 1. The summed E-state index contributed by atoms with van der Waals surface area (Å²) in [5.41, 5.74) is 1.76. The molecule has 3 rings (SSSR count). The lowest BCUT2D eigenvalue weighted by Crippen LogP contribution is -2.14. The van der Waals surface area contributed by atoms with E-state index in [0.717, 1.165) is 10.2 Å². The molecule has 0 aliphatic rings. The Hall–Kier alpha value is -2.14. The molecule has 1 heterocycles. The van der Waals surface area contributed by atoms with E-state index in [1.54, 1.807) is 6.07 Å². The summed E-state index contributed by atoms with van der Waals surface area (Å²) in [5.74, 6) is 1.45. The molecule has 0 fully saturated rings. The van der Waals surface area contributed by atoms with Crippen LogP contribution in [0.25, 0.3) is 10.9 Å². The Morgan fingerprint density at radius 3 is 2.73 bits per heavy atom. The van der Waals surface area contributed by atoms with Crippen LogP contribution in [0.5, 0.6) is 5.75 Å². The summed E-state index contributed by atoms with van der Waals surface area (Å²) in [5, 5.41) is 0.581. The number of ether oxygens (including phenoxy) is 1. The molecule has 1 aromatic heterocycles. The molecule has 0 spiro atoms. The van der Waals surface area contributed by atoms with Crippen molar-refractivity contribution >= 4 is 26.8 Å². The van der Waals surface area contributed by atoms with Gasteiger partial charge < -0.3 is 9.72 Å². The van der Waals surface area contributed by atoms with Crippen LogP contribution in [0.4, 0.5) is 0 Å². The zero-order chi connectivity index (χ0) is 15.5. The molecule has 0 radical (unpaired) electrons. The first-order valence-electron chi connectivity index (χ1n) is 7.00. The fourth-order valence-corrected chi connectivity index (χ4v) is 2.54. The molecule has 4 nitrogen and oxygen atoms in total. The zero-order valence-electron chi connectivity index (χ0n) is 12.1. The van der Waals surface area contributed by atoms with E-state index in [2.05, 4.69) is 25.9 Å². The lowest BCUT2D eigenvalue weighted by Gasteiger charge is -2.07. The quantitative estimate of drug-likeness (QED) is 0.774. The van der Waals surface area contributed by atoms with Crippen LogP contribution in [0.2, 0.25) is 0 Å². The highest BCUT2D eigenvalue weighted by atomic mass is 79.9. The number of hydrogen-bond acceptors (Lipinski definition) is 3. The van der Waals surface area contributed by atoms with Gasteiger partial charge in [0.25, 0.3) is 5.56 Å². The molecule has 0 saturated heterocycles. The van der Waals surface area contributed by atoms with Crippen LogP contribution in [-0.4, -0.2) is 16.6 Å². The molecule has 0 aliphatic carbocycles. The van der Waals surface area contributed by atoms with Crippen LogP contribution in [-0.2, 0) is 6.42 Å². The third-order valence-corrected chi connectivity index (χ3v) is 3.84. The van der Waals surface area contributed by atoms with Crippen LogP contribution in [0, 0.1) is 6.92 Å². The van der Waals surface area contributed by atoms with Crippen molar-refractivity contribution < 1.29 is 4.74 Å². The van der Waals surface area contributed by atoms with E-state index in [-0.39, 0.29) is 5.56 Å². The molecular weight excluding hydrogens is 344 g/mol. The Balaban J connectivity index is 1.73. The maximum absolute atomic E-state index is 12.1. The van der Waals surface area contributed by atoms with Crippen molar-refractivity contribution in [2.75, 3.05) is 6.61 Å². The summed E-state index contributed by atoms with van der Waals surface area (Å²) in [4.78, 5) is 19.3. The molecule has 3 aromatic rings. The van der Waals surface area contributed by atoms with Crippen molar-refractivity contribution in [3.8, 4) is 5.75 Å². The molecule has 22 heavy (non-hydrogen) atoms. The van der Waals surface area contributed by atoms with Gasteiger partial charge in [-0.05, 0) is 37.3 Å². The monoisotopic (exact) mass is 358 g/mol. The summed E-state index contributed by atoms with van der Waals surface area (Å²) >= 11 is 3.36. The lowest BCUT2D eigenvalue weighted by atomic mass is 10.2.